The number of amides is 1. The van der Waals surface area contributed by atoms with Crippen molar-refractivity contribution in [2.24, 2.45) is 0 Å². The molecule has 0 atom stereocenters. The first-order chi connectivity index (χ1) is 15.4. The van der Waals surface area contributed by atoms with Crippen molar-refractivity contribution in [2.75, 3.05) is 16.2 Å². The van der Waals surface area contributed by atoms with Crippen molar-refractivity contribution in [3.63, 3.8) is 0 Å². The second-order valence-corrected chi connectivity index (χ2v) is 10.6. The molecule has 1 N–H and O–H groups in total. The van der Waals surface area contributed by atoms with Crippen LogP contribution in [-0.4, -0.2) is 27.0 Å². The van der Waals surface area contributed by atoms with Crippen molar-refractivity contribution >= 4 is 38.6 Å². The SMILES string of the molecule is O=C(CN(c1ccc(F)cc1)S(=O)(=O)c1cccs1)Nc1ccc(OC2CCCC2)cc1. The van der Waals surface area contributed by atoms with Crippen molar-refractivity contribution in [1.29, 1.82) is 0 Å². The van der Waals surface area contributed by atoms with Crippen molar-refractivity contribution in [1.82, 2.24) is 0 Å². The summed E-state index contributed by atoms with van der Waals surface area (Å²) in [5.74, 6) is -0.270. The van der Waals surface area contributed by atoms with Crippen LogP contribution in [0.1, 0.15) is 25.7 Å². The first-order valence-electron chi connectivity index (χ1n) is 10.3. The second-order valence-electron chi connectivity index (χ2n) is 7.52. The van der Waals surface area contributed by atoms with E-state index in [1.54, 1.807) is 35.7 Å². The number of benzene rings is 2. The third kappa shape index (κ3) is 5.28. The molecule has 2 aromatic carbocycles. The Balaban J connectivity index is 1.48. The van der Waals surface area contributed by atoms with Gasteiger partial charge >= 0.3 is 0 Å². The highest BCUT2D eigenvalue weighted by atomic mass is 32.2. The van der Waals surface area contributed by atoms with Crippen LogP contribution in [0.2, 0.25) is 0 Å². The standard InChI is InChI=1S/C23H23FN2O4S2/c24-17-7-11-19(12-8-17)26(32(28,29)23-6-3-15-31-23)16-22(27)25-18-9-13-21(14-10-18)30-20-4-1-2-5-20/h3,6-15,20H,1-2,4-5,16H2,(H,25,27). The van der Waals surface area contributed by atoms with Gasteiger partial charge in [-0.1, -0.05) is 6.07 Å². The Kier molecular flexibility index (Phi) is 6.76. The summed E-state index contributed by atoms with van der Waals surface area (Å²) in [5, 5.41) is 4.36. The van der Waals surface area contributed by atoms with E-state index in [1.807, 2.05) is 0 Å². The lowest BCUT2D eigenvalue weighted by Crippen LogP contribution is -2.37. The first kappa shape index (κ1) is 22.3. The maximum absolute atomic E-state index is 13.4. The molecule has 0 aliphatic heterocycles. The molecule has 0 bridgehead atoms. The number of halogens is 1. The zero-order valence-electron chi connectivity index (χ0n) is 17.2. The number of thiophene rings is 1. The number of sulfonamides is 1. The Morgan fingerprint density at radius 1 is 1.06 bits per heavy atom. The van der Waals surface area contributed by atoms with Crippen LogP contribution in [-0.2, 0) is 14.8 Å². The van der Waals surface area contributed by atoms with Crippen molar-refractivity contribution in [2.45, 2.75) is 36.0 Å². The molecule has 1 saturated carbocycles. The number of hydrogen-bond donors (Lipinski definition) is 1. The summed E-state index contributed by atoms with van der Waals surface area (Å²) in [6.07, 6.45) is 4.70. The van der Waals surface area contributed by atoms with E-state index in [-0.39, 0.29) is 16.0 Å². The van der Waals surface area contributed by atoms with Crippen LogP contribution in [0.4, 0.5) is 15.8 Å². The van der Waals surface area contributed by atoms with Gasteiger partial charge in [0.15, 0.2) is 0 Å². The highest BCUT2D eigenvalue weighted by molar-refractivity contribution is 7.94. The number of carbonyl (C=O) groups is 1. The molecule has 1 aliphatic carbocycles. The van der Waals surface area contributed by atoms with Crippen LogP contribution in [0.3, 0.4) is 0 Å². The lowest BCUT2D eigenvalue weighted by Gasteiger charge is -2.23. The Bertz CT molecular complexity index is 1140. The average molecular weight is 475 g/mol. The Morgan fingerprint density at radius 3 is 2.38 bits per heavy atom. The number of anilines is 2. The summed E-state index contributed by atoms with van der Waals surface area (Å²) in [5.41, 5.74) is 0.733. The molecular weight excluding hydrogens is 451 g/mol. The van der Waals surface area contributed by atoms with Gasteiger partial charge in [0.25, 0.3) is 10.0 Å². The van der Waals surface area contributed by atoms with E-state index in [0.29, 0.717) is 5.69 Å². The summed E-state index contributed by atoms with van der Waals surface area (Å²) in [6.45, 7) is -0.452. The molecule has 32 heavy (non-hydrogen) atoms. The Morgan fingerprint density at radius 2 is 1.75 bits per heavy atom. The summed E-state index contributed by atoms with van der Waals surface area (Å²) in [6, 6.07) is 15.1. The maximum atomic E-state index is 13.4. The summed E-state index contributed by atoms with van der Waals surface area (Å²) >= 11 is 1.05. The molecule has 6 nitrogen and oxygen atoms in total. The zero-order chi connectivity index (χ0) is 22.6. The summed E-state index contributed by atoms with van der Waals surface area (Å²) < 4.78 is 46.6. The lowest BCUT2D eigenvalue weighted by atomic mass is 10.2. The number of rotatable bonds is 8. The van der Waals surface area contributed by atoms with Gasteiger partial charge in [0.2, 0.25) is 5.91 Å². The molecule has 0 saturated heterocycles. The summed E-state index contributed by atoms with van der Waals surface area (Å²) in [7, 11) is -3.98. The van der Waals surface area contributed by atoms with Gasteiger partial charge < -0.3 is 10.1 Å². The van der Waals surface area contributed by atoms with Gasteiger partial charge in [-0.25, -0.2) is 12.8 Å². The topological polar surface area (TPSA) is 75.7 Å². The molecule has 9 heteroatoms. The minimum absolute atomic E-state index is 0.100. The van der Waals surface area contributed by atoms with Gasteiger partial charge in [-0.2, -0.15) is 0 Å². The van der Waals surface area contributed by atoms with E-state index < -0.39 is 28.3 Å². The molecule has 1 aliphatic rings. The highest BCUT2D eigenvalue weighted by Crippen LogP contribution is 2.27. The number of ether oxygens (including phenoxy) is 1. The Labute approximate surface area is 190 Å². The van der Waals surface area contributed by atoms with Crippen LogP contribution in [0.5, 0.6) is 5.75 Å². The van der Waals surface area contributed by atoms with Crippen LogP contribution in [0, 0.1) is 5.82 Å². The van der Waals surface area contributed by atoms with Crippen molar-refractivity contribution in [3.8, 4) is 5.75 Å². The fourth-order valence-electron chi connectivity index (χ4n) is 3.59. The fourth-order valence-corrected chi connectivity index (χ4v) is 6.11. The van der Waals surface area contributed by atoms with Crippen molar-refractivity contribution < 1.29 is 22.3 Å². The summed E-state index contributed by atoms with van der Waals surface area (Å²) in [4.78, 5) is 12.7. The fraction of sp³-hybridized carbons (Fsp3) is 0.261. The van der Waals surface area contributed by atoms with Gasteiger partial charge in [-0.15, -0.1) is 11.3 Å². The van der Waals surface area contributed by atoms with Crippen LogP contribution in [0.25, 0.3) is 0 Å². The molecule has 0 spiro atoms. The molecule has 4 rings (SSSR count). The number of hydrogen-bond acceptors (Lipinski definition) is 5. The first-order valence-corrected chi connectivity index (χ1v) is 12.6. The smallest absolute Gasteiger partial charge is 0.274 e. The van der Waals surface area contributed by atoms with Gasteiger partial charge in [0.05, 0.1) is 11.8 Å². The van der Waals surface area contributed by atoms with E-state index in [9.17, 15) is 17.6 Å². The Hall–Kier alpha value is -2.91. The van der Waals surface area contributed by atoms with E-state index in [1.165, 1.54) is 31.0 Å². The minimum atomic E-state index is -3.98. The molecule has 0 unspecified atom stereocenters. The van der Waals surface area contributed by atoms with E-state index in [4.69, 9.17) is 4.74 Å². The maximum Gasteiger partial charge on any atom is 0.274 e. The number of nitrogens with one attached hydrogen (secondary N) is 1. The van der Waals surface area contributed by atoms with Gasteiger partial charge in [0, 0.05) is 5.69 Å². The van der Waals surface area contributed by atoms with E-state index >= 15 is 0 Å². The molecular formula is C23H23FN2O4S2. The quantitative estimate of drug-likeness (QED) is 0.496. The van der Waals surface area contributed by atoms with Crippen LogP contribution >= 0.6 is 11.3 Å². The largest absolute Gasteiger partial charge is 0.490 e. The van der Waals surface area contributed by atoms with Crippen LogP contribution < -0.4 is 14.4 Å². The molecule has 1 heterocycles. The average Bonchev–Trinajstić information content (AvgIpc) is 3.49. The minimum Gasteiger partial charge on any atom is -0.490 e. The zero-order valence-corrected chi connectivity index (χ0v) is 18.9. The van der Waals surface area contributed by atoms with Crippen LogP contribution in [0.15, 0.2) is 70.3 Å². The predicted octanol–water partition coefficient (Wildman–Crippen LogP) is 5.04. The third-order valence-corrected chi connectivity index (χ3v) is 8.33. The van der Waals surface area contributed by atoms with Crippen molar-refractivity contribution in [3.05, 3.63) is 71.9 Å². The second kappa shape index (κ2) is 9.70. The normalized spacial score (nSPS) is 14.3. The monoisotopic (exact) mass is 474 g/mol. The van der Waals surface area contributed by atoms with E-state index in [2.05, 4.69) is 5.32 Å². The predicted molar refractivity (Wildman–Crippen MR) is 123 cm³/mol. The van der Waals surface area contributed by atoms with E-state index in [0.717, 1.165) is 46.4 Å². The number of nitrogens with zero attached hydrogens (tertiary/aromatic N) is 1. The molecule has 3 aromatic rings. The lowest BCUT2D eigenvalue weighted by molar-refractivity contribution is -0.114. The molecule has 1 amide bonds. The van der Waals surface area contributed by atoms with Gasteiger partial charge in [-0.3, -0.25) is 9.10 Å². The molecule has 1 fully saturated rings. The van der Waals surface area contributed by atoms with Gasteiger partial charge in [-0.05, 0) is 85.7 Å². The molecule has 168 valence electrons. The molecule has 1 aromatic heterocycles. The van der Waals surface area contributed by atoms with Gasteiger partial charge in [0.1, 0.15) is 22.3 Å². The highest BCUT2D eigenvalue weighted by Gasteiger charge is 2.28. The third-order valence-electron chi connectivity index (χ3n) is 5.18. The number of carbonyl (C=O) groups excluding carboxylic acids is 1. The molecule has 0 radical (unpaired) electrons.